The first-order valence-corrected chi connectivity index (χ1v) is 9.53. The molecule has 5 nitrogen and oxygen atoms in total. The number of carbonyl (C=O) groups excluding carboxylic acids is 1. The summed E-state index contributed by atoms with van der Waals surface area (Å²) in [6.45, 7) is 5.79. The fourth-order valence-corrected chi connectivity index (χ4v) is 3.69. The molecule has 1 aromatic rings. The lowest BCUT2D eigenvalue weighted by molar-refractivity contribution is -0.136. The van der Waals surface area contributed by atoms with Crippen molar-refractivity contribution >= 4 is 11.6 Å². The van der Waals surface area contributed by atoms with Gasteiger partial charge in [-0.05, 0) is 57.0 Å². The van der Waals surface area contributed by atoms with Gasteiger partial charge in [-0.2, -0.15) is 0 Å². The summed E-state index contributed by atoms with van der Waals surface area (Å²) in [6.07, 6.45) is 3.72. The van der Waals surface area contributed by atoms with Gasteiger partial charge >= 0.3 is 0 Å². The number of benzene rings is 1. The predicted molar refractivity (Wildman–Crippen MR) is 99.5 cm³/mol. The van der Waals surface area contributed by atoms with Gasteiger partial charge in [0.2, 0.25) is 5.91 Å². The molecule has 142 valence electrons. The number of nitrogens with one attached hydrogen (secondary N) is 2. The Morgan fingerprint density at radius 3 is 2.73 bits per heavy atom. The van der Waals surface area contributed by atoms with E-state index in [0.717, 1.165) is 43.6 Å². The van der Waals surface area contributed by atoms with Gasteiger partial charge in [-0.25, -0.2) is 4.39 Å². The summed E-state index contributed by atoms with van der Waals surface area (Å²) in [5.74, 6) is -0.132. The molecular weight excluding hydrogens is 333 g/mol. The van der Waals surface area contributed by atoms with Crippen molar-refractivity contribution in [2.75, 3.05) is 13.1 Å². The van der Waals surface area contributed by atoms with Crippen LogP contribution in [0.25, 0.3) is 0 Å². The number of oxime groups is 1. The zero-order chi connectivity index (χ0) is 18.6. The maximum absolute atomic E-state index is 13.1. The Hall–Kier alpha value is -1.95. The normalized spacial score (nSPS) is 23.0. The van der Waals surface area contributed by atoms with E-state index < -0.39 is 5.41 Å². The van der Waals surface area contributed by atoms with Crippen LogP contribution in [0.1, 0.15) is 51.5 Å². The molecule has 0 bridgehead atoms. The van der Waals surface area contributed by atoms with Gasteiger partial charge in [-0.1, -0.05) is 24.2 Å². The van der Waals surface area contributed by atoms with Crippen LogP contribution in [-0.2, 0) is 9.63 Å². The molecule has 1 fully saturated rings. The highest BCUT2D eigenvalue weighted by molar-refractivity contribution is 6.01. The average molecular weight is 361 g/mol. The van der Waals surface area contributed by atoms with Gasteiger partial charge in [-0.3, -0.25) is 4.79 Å². The number of rotatable bonds is 6. The Balaban J connectivity index is 1.66. The van der Waals surface area contributed by atoms with Gasteiger partial charge in [0, 0.05) is 18.9 Å². The molecule has 2 heterocycles. The van der Waals surface area contributed by atoms with E-state index in [1.54, 1.807) is 12.1 Å². The van der Waals surface area contributed by atoms with Crippen molar-refractivity contribution < 1.29 is 14.0 Å². The summed E-state index contributed by atoms with van der Waals surface area (Å²) < 4.78 is 13.1. The molecule has 2 atom stereocenters. The molecule has 26 heavy (non-hydrogen) atoms. The van der Waals surface area contributed by atoms with Crippen molar-refractivity contribution in [2.45, 2.75) is 58.1 Å². The van der Waals surface area contributed by atoms with Crippen molar-refractivity contribution in [1.82, 2.24) is 10.6 Å². The minimum absolute atomic E-state index is 0.115. The van der Waals surface area contributed by atoms with Crippen LogP contribution in [-0.4, -0.2) is 36.9 Å². The van der Waals surface area contributed by atoms with Gasteiger partial charge in [0.05, 0.1) is 11.1 Å². The molecule has 0 spiro atoms. The number of carbonyl (C=O) groups is 1. The van der Waals surface area contributed by atoms with Crippen LogP contribution in [0.3, 0.4) is 0 Å². The fourth-order valence-electron chi connectivity index (χ4n) is 3.69. The van der Waals surface area contributed by atoms with E-state index in [4.69, 9.17) is 4.84 Å². The number of hydrogen-bond donors (Lipinski definition) is 2. The van der Waals surface area contributed by atoms with Crippen LogP contribution >= 0.6 is 0 Å². The molecule has 1 amide bonds. The quantitative estimate of drug-likeness (QED) is 0.819. The van der Waals surface area contributed by atoms with E-state index in [-0.39, 0.29) is 23.9 Å². The van der Waals surface area contributed by atoms with Crippen LogP contribution in [0.4, 0.5) is 4.39 Å². The molecule has 0 unspecified atom stereocenters. The van der Waals surface area contributed by atoms with E-state index in [1.807, 2.05) is 6.92 Å². The summed E-state index contributed by atoms with van der Waals surface area (Å²) in [6, 6.07) is 6.47. The zero-order valence-electron chi connectivity index (χ0n) is 15.6. The molecule has 2 aliphatic heterocycles. The molecule has 6 heteroatoms. The number of halogens is 1. The lowest BCUT2D eigenvalue weighted by atomic mass is 9.73. The van der Waals surface area contributed by atoms with Crippen molar-refractivity contribution in [2.24, 2.45) is 10.6 Å². The lowest BCUT2D eigenvalue weighted by Crippen LogP contribution is -2.51. The molecule has 0 radical (unpaired) electrons. The van der Waals surface area contributed by atoms with Gasteiger partial charge in [0.1, 0.15) is 11.9 Å². The lowest BCUT2D eigenvalue weighted by Gasteiger charge is -2.38. The second-order valence-corrected chi connectivity index (χ2v) is 7.49. The second-order valence-electron chi connectivity index (χ2n) is 7.49. The monoisotopic (exact) mass is 361 g/mol. The Morgan fingerprint density at radius 1 is 1.38 bits per heavy atom. The van der Waals surface area contributed by atoms with Crippen LogP contribution in [0, 0.1) is 11.2 Å². The molecule has 3 rings (SSSR count). The molecule has 2 N–H and O–H groups in total. The van der Waals surface area contributed by atoms with Gasteiger partial charge in [-0.15, -0.1) is 0 Å². The van der Waals surface area contributed by atoms with E-state index in [0.29, 0.717) is 12.8 Å². The maximum atomic E-state index is 13.1. The molecule has 0 saturated carbocycles. The molecule has 0 aromatic heterocycles. The third kappa shape index (κ3) is 4.23. The van der Waals surface area contributed by atoms with E-state index in [1.165, 1.54) is 12.1 Å². The SMILES string of the molecule is CC[C@@H](C)NC(=O)C1(C[C@H]2CC(c3ccc(F)cc3)=NO2)CCNCC1. The predicted octanol–water partition coefficient (Wildman–Crippen LogP) is 2.99. The number of hydrogen-bond acceptors (Lipinski definition) is 4. The van der Waals surface area contributed by atoms with Gasteiger partial charge in [0.25, 0.3) is 0 Å². The Bertz CT molecular complexity index is 654. The van der Waals surface area contributed by atoms with Crippen molar-refractivity contribution in [1.29, 1.82) is 0 Å². The fraction of sp³-hybridized carbons (Fsp3) is 0.600. The van der Waals surface area contributed by atoms with E-state index in [2.05, 4.69) is 22.7 Å². The molecule has 1 aromatic carbocycles. The number of amides is 1. The first kappa shape index (κ1) is 18.8. The summed E-state index contributed by atoms with van der Waals surface area (Å²) in [5.41, 5.74) is 1.28. The minimum atomic E-state index is -0.410. The van der Waals surface area contributed by atoms with Crippen molar-refractivity contribution in [3.05, 3.63) is 35.6 Å². The van der Waals surface area contributed by atoms with Gasteiger partial charge < -0.3 is 15.5 Å². The third-order valence-corrected chi connectivity index (χ3v) is 5.56. The Kier molecular flexibility index (Phi) is 5.91. The Morgan fingerprint density at radius 2 is 2.08 bits per heavy atom. The summed E-state index contributed by atoms with van der Waals surface area (Å²) >= 11 is 0. The Labute approximate surface area is 154 Å². The van der Waals surface area contributed by atoms with Crippen LogP contribution in [0.2, 0.25) is 0 Å². The molecule has 2 aliphatic rings. The maximum Gasteiger partial charge on any atom is 0.226 e. The van der Waals surface area contributed by atoms with E-state index >= 15 is 0 Å². The van der Waals surface area contributed by atoms with Crippen LogP contribution < -0.4 is 10.6 Å². The number of nitrogens with zero attached hydrogens (tertiary/aromatic N) is 1. The second kappa shape index (κ2) is 8.16. The first-order chi connectivity index (χ1) is 12.5. The van der Waals surface area contributed by atoms with E-state index in [9.17, 15) is 9.18 Å². The number of piperidine rings is 1. The molecule has 1 saturated heterocycles. The average Bonchev–Trinajstić information content (AvgIpc) is 3.11. The molecular formula is C20H28FN3O2. The van der Waals surface area contributed by atoms with Crippen molar-refractivity contribution in [3.63, 3.8) is 0 Å². The summed E-state index contributed by atoms with van der Waals surface area (Å²) in [5, 5.41) is 10.7. The first-order valence-electron chi connectivity index (χ1n) is 9.53. The smallest absolute Gasteiger partial charge is 0.226 e. The standard InChI is InChI=1S/C20H28FN3O2/c1-3-14(2)23-19(25)20(8-10-22-11-9-20)13-17-12-18(24-26-17)15-4-6-16(21)7-5-15/h4-7,14,17,22H,3,8-13H2,1-2H3,(H,23,25)/t14-,17-/m1/s1. The minimum Gasteiger partial charge on any atom is -0.392 e. The zero-order valence-corrected chi connectivity index (χ0v) is 15.6. The third-order valence-electron chi connectivity index (χ3n) is 5.56. The highest BCUT2D eigenvalue weighted by Gasteiger charge is 2.43. The summed E-state index contributed by atoms with van der Waals surface area (Å²) in [4.78, 5) is 18.6. The molecule has 0 aliphatic carbocycles. The highest BCUT2D eigenvalue weighted by Crippen LogP contribution is 2.37. The topological polar surface area (TPSA) is 62.7 Å². The van der Waals surface area contributed by atoms with Gasteiger partial charge in [0.15, 0.2) is 0 Å². The van der Waals surface area contributed by atoms with Crippen molar-refractivity contribution in [3.8, 4) is 0 Å². The largest absolute Gasteiger partial charge is 0.392 e. The van der Waals surface area contributed by atoms with Crippen LogP contribution in [0.5, 0.6) is 0 Å². The highest BCUT2D eigenvalue weighted by atomic mass is 19.1. The van der Waals surface area contributed by atoms with Crippen LogP contribution in [0.15, 0.2) is 29.4 Å². The summed E-state index contributed by atoms with van der Waals surface area (Å²) in [7, 11) is 0.